The number of carboxylic acids is 1. The van der Waals surface area contributed by atoms with Gasteiger partial charge in [0.25, 0.3) is 0 Å². The Balaban J connectivity index is 3.06. The fraction of sp³-hybridized carbons (Fsp3) is 0.385. The van der Waals surface area contributed by atoms with Crippen molar-refractivity contribution in [3.05, 3.63) is 34.9 Å². The van der Waals surface area contributed by atoms with Crippen molar-refractivity contribution < 1.29 is 14.7 Å². The van der Waals surface area contributed by atoms with Crippen LogP contribution in [0, 0.1) is 13.8 Å². The summed E-state index contributed by atoms with van der Waals surface area (Å²) < 4.78 is 0. The number of carbonyl (C=O) groups excluding carboxylic acids is 1. The highest BCUT2D eigenvalue weighted by molar-refractivity contribution is 5.75. The molecule has 2 N–H and O–H groups in total. The fourth-order valence-electron chi connectivity index (χ4n) is 1.79. The average Bonchev–Trinajstić information content (AvgIpc) is 2.19. The van der Waals surface area contributed by atoms with Crippen molar-refractivity contribution in [2.24, 2.45) is 0 Å². The molecule has 0 unspecified atom stereocenters. The number of aliphatic carboxylic acids is 1. The van der Waals surface area contributed by atoms with Gasteiger partial charge in [0.15, 0.2) is 0 Å². The lowest BCUT2D eigenvalue weighted by Gasteiger charge is -2.19. The van der Waals surface area contributed by atoms with Crippen molar-refractivity contribution in [2.75, 3.05) is 0 Å². The highest BCUT2D eigenvalue weighted by Crippen LogP contribution is 2.22. The zero-order chi connectivity index (χ0) is 13.0. The van der Waals surface area contributed by atoms with E-state index < -0.39 is 12.0 Å². The fourth-order valence-corrected chi connectivity index (χ4v) is 1.79. The molecule has 1 atom stereocenters. The molecule has 0 spiro atoms. The number of aryl methyl sites for hydroxylation is 2. The minimum Gasteiger partial charge on any atom is -0.481 e. The van der Waals surface area contributed by atoms with Gasteiger partial charge in [-0.25, -0.2) is 0 Å². The first kappa shape index (κ1) is 13.2. The molecule has 17 heavy (non-hydrogen) atoms. The summed E-state index contributed by atoms with van der Waals surface area (Å²) in [5.74, 6) is -1.15. The lowest BCUT2D eigenvalue weighted by molar-refractivity contribution is -0.137. The van der Waals surface area contributed by atoms with Gasteiger partial charge in [-0.2, -0.15) is 0 Å². The Morgan fingerprint density at radius 1 is 1.35 bits per heavy atom. The maximum absolute atomic E-state index is 11.1. The molecule has 4 heteroatoms. The summed E-state index contributed by atoms with van der Waals surface area (Å²) >= 11 is 0. The molecule has 92 valence electrons. The second-order valence-electron chi connectivity index (χ2n) is 4.21. The number of nitrogens with one attached hydrogen (secondary N) is 1. The number of hydrogen-bond donors (Lipinski definition) is 2. The molecule has 0 aliphatic heterocycles. The van der Waals surface area contributed by atoms with Gasteiger partial charge < -0.3 is 10.4 Å². The molecule has 0 saturated carbocycles. The molecule has 0 heterocycles. The standard InChI is InChI=1S/C13H17NO3/c1-8-4-5-9(2)11(6-8)12(7-13(16)17)14-10(3)15/h4-6,12H,7H2,1-3H3,(H,14,15)(H,16,17)/t12-/m1/s1. The Bertz CT molecular complexity index is 424. The van der Waals surface area contributed by atoms with Crippen LogP contribution in [0.2, 0.25) is 0 Å². The van der Waals surface area contributed by atoms with E-state index in [0.717, 1.165) is 16.7 Å². The summed E-state index contributed by atoms with van der Waals surface area (Å²) in [7, 11) is 0. The molecule has 0 aliphatic carbocycles. The molecule has 1 amide bonds. The van der Waals surface area contributed by atoms with E-state index >= 15 is 0 Å². The van der Waals surface area contributed by atoms with E-state index in [9.17, 15) is 9.59 Å². The summed E-state index contributed by atoms with van der Waals surface area (Å²) in [5.41, 5.74) is 2.89. The van der Waals surface area contributed by atoms with Crippen molar-refractivity contribution >= 4 is 11.9 Å². The minimum absolute atomic E-state index is 0.107. The Kier molecular flexibility index (Phi) is 4.26. The number of amides is 1. The minimum atomic E-state index is -0.926. The molecule has 1 rings (SSSR count). The number of rotatable bonds is 4. The van der Waals surface area contributed by atoms with Gasteiger partial charge in [-0.15, -0.1) is 0 Å². The van der Waals surface area contributed by atoms with Crippen LogP contribution in [0.1, 0.15) is 36.1 Å². The van der Waals surface area contributed by atoms with E-state index in [4.69, 9.17) is 5.11 Å². The number of carbonyl (C=O) groups is 2. The van der Waals surface area contributed by atoms with Gasteiger partial charge in [0, 0.05) is 6.92 Å². The molecule has 0 fully saturated rings. The molecule has 4 nitrogen and oxygen atoms in total. The van der Waals surface area contributed by atoms with E-state index in [1.54, 1.807) is 0 Å². The monoisotopic (exact) mass is 235 g/mol. The van der Waals surface area contributed by atoms with E-state index in [-0.39, 0.29) is 12.3 Å². The molecule has 0 aromatic heterocycles. The third-order valence-corrected chi connectivity index (χ3v) is 2.57. The quantitative estimate of drug-likeness (QED) is 0.838. The molecular weight excluding hydrogens is 218 g/mol. The van der Waals surface area contributed by atoms with Crippen molar-refractivity contribution in [3.63, 3.8) is 0 Å². The van der Waals surface area contributed by atoms with Crippen molar-refractivity contribution in [3.8, 4) is 0 Å². The molecule has 0 radical (unpaired) electrons. The Labute approximate surface area is 101 Å². The Hall–Kier alpha value is -1.84. The van der Waals surface area contributed by atoms with Crippen LogP contribution in [-0.2, 0) is 9.59 Å². The molecule has 1 aromatic carbocycles. The van der Waals surface area contributed by atoms with E-state index in [2.05, 4.69) is 5.32 Å². The van der Waals surface area contributed by atoms with Gasteiger partial charge in [0.05, 0.1) is 12.5 Å². The van der Waals surface area contributed by atoms with Crippen LogP contribution in [0.3, 0.4) is 0 Å². The number of benzene rings is 1. The van der Waals surface area contributed by atoms with E-state index in [0.29, 0.717) is 0 Å². The third-order valence-electron chi connectivity index (χ3n) is 2.57. The lowest BCUT2D eigenvalue weighted by Crippen LogP contribution is -2.28. The van der Waals surface area contributed by atoms with Crippen LogP contribution in [0.5, 0.6) is 0 Å². The van der Waals surface area contributed by atoms with Gasteiger partial charge >= 0.3 is 5.97 Å². The highest BCUT2D eigenvalue weighted by atomic mass is 16.4. The SMILES string of the molecule is CC(=O)N[C@H](CC(=O)O)c1cc(C)ccc1C. The zero-order valence-electron chi connectivity index (χ0n) is 10.3. The molecule has 0 bridgehead atoms. The third kappa shape index (κ3) is 3.90. The summed E-state index contributed by atoms with van der Waals surface area (Å²) in [4.78, 5) is 21.9. The second kappa shape index (κ2) is 5.48. The van der Waals surface area contributed by atoms with Crippen LogP contribution in [0.15, 0.2) is 18.2 Å². The number of carboxylic acid groups (broad SMARTS) is 1. The normalized spacial score (nSPS) is 11.9. The zero-order valence-corrected chi connectivity index (χ0v) is 10.3. The van der Waals surface area contributed by atoms with Gasteiger partial charge in [-0.3, -0.25) is 9.59 Å². The average molecular weight is 235 g/mol. The summed E-state index contributed by atoms with van der Waals surface area (Å²) in [6.45, 7) is 5.24. The Morgan fingerprint density at radius 3 is 2.53 bits per heavy atom. The van der Waals surface area contributed by atoms with Gasteiger partial charge in [-0.05, 0) is 25.0 Å². The Morgan fingerprint density at radius 2 is 2.00 bits per heavy atom. The molecule has 0 saturated heterocycles. The smallest absolute Gasteiger partial charge is 0.305 e. The first-order chi connectivity index (χ1) is 7.90. The van der Waals surface area contributed by atoms with Crippen LogP contribution in [-0.4, -0.2) is 17.0 Å². The molecular formula is C13H17NO3. The summed E-state index contributed by atoms with van der Waals surface area (Å²) in [6.07, 6.45) is -0.107. The van der Waals surface area contributed by atoms with Crippen LogP contribution < -0.4 is 5.32 Å². The topological polar surface area (TPSA) is 66.4 Å². The van der Waals surface area contributed by atoms with Crippen molar-refractivity contribution in [2.45, 2.75) is 33.2 Å². The molecule has 1 aromatic rings. The summed E-state index contributed by atoms with van der Waals surface area (Å²) in [5, 5.41) is 11.5. The predicted molar refractivity (Wildman–Crippen MR) is 64.7 cm³/mol. The van der Waals surface area contributed by atoms with Crippen LogP contribution in [0.25, 0.3) is 0 Å². The first-order valence-electron chi connectivity index (χ1n) is 5.46. The van der Waals surface area contributed by atoms with Crippen molar-refractivity contribution in [1.29, 1.82) is 0 Å². The predicted octanol–water partition coefficient (Wildman–Crippen LogP) is 1.96. The first-order valence-corrected chi connectivity index (χ1v) is 5.46. The van der Waals surface area contributed by atoms with Crippen LogP contribution in [0.4, 0.5) is 0 Å². The van der Waals surface area contributed by atoms with E-state index in [1.165, 1.54) is 6.92 Å². The van der Waals surface area contributed by atoms with E-state index in [1.807, 2.05) is 32.0 Å². The highest BCUT2D eigenvalue weighted by Gasteiger charge is 2.18. The van der Waals surface area contributed by atoms with Gasteiger partial charge in [0.1, 0.15) is 0 Å². The van der Waals surface area contributed by atoms with Crippen LogP contribution >= 0.6 is 0 Å². The van der Waals surface area contributed by atoms with Crippen molar-refractivity contribution in [1.82, 2.24) is 5.32 Å². The maximum atomic E-state index is 11.1. The molecule has 0 aliphatic rings. The largest absolute Gasteiger partial charge is 0.481 e. The number of hydrogen-bond acceptors (Lipinski definition) is 2. The lowest BCUT2D eigenvalue weighted by atomic mass is 9.96. The van der Waals surface area contributed by atoms with Gasteiger partial charge in [-0.1, -0.05) is 23.8 Å². The maximum Gasteiger partial charge on any atom is 0.305 e. The second-order valence-corrected chi connectivity index (χ2v) is 4.21. The summed E-state index contributed by atoms with van der Waals surface area (Å²) in [6, 6.07) is 5.34. The van der Waals surface area contributed by atoms with Gasteiger partial charge in [0.2, 0.25) is 5.91 Å².